The van der Waals surface area contributed by atoms with Crippen LogP contribution in [0, 0.1) is 0 Å². The lowest BCUT2D eigenvalue weighted by atomic mass is 10.0. The van der Waals surface area contributed by atoms with Gasteiger partial charge in [-0.15, -0.1) is 0 Å². The van der Waals surface area contributed by atoms with Crippen molar-refractivity contribution in [2.45, 2.75) is 31.4 Å². The molecule has 0 bridgehead atoms. The fourth-order valence-electron chi connectivity index (χ4n) is 3.43. The predicted molar refractivity (Wildman–Crippen MR) is 84.8 cm³/mol. The van der Waals surface area contributed by atoms with E-state index in [1.54, 1.807) is 11.3 Å². The third kappa shape index (κ3) is 2.63. The summed E-state index contributed by atoms with van der Waals surface area (Å²) >= 11 is 1.76. The van der Waals surface area contributed by atoms with Gasteiger partial charge in [0.2, 0.25) is 0 Å². The van der Waals surface area contributed by atoms with E-state index in [-0.39, 0.29) is 6.10 Å². The minimum atomic E-state index is -0.111. The Morgan fingerprint density at radius 1 is 1.19 bits per heavy atom. The molecule has 0 radical (unpaired) electrons. The normalized spacial score (nSPS) is 25.0. The zero-order valence-corrected chi connectivity index (χ0v) is 12.8. The monoisotopic (exact) mass is 304 g/mol. The molecule has 21 heavy (non-hydrogen) atoms. The SMILES string of the molecule is O[C@H]1CCN(C2CCN(c3nc4cnccc4s3)CC2)C1. The van der Waals surface area contributed by atoms with E-state index in [1.807, 2.05) is 18.5 Å². The number of aliphatic hydroxyl groups is 1. The highest BCUT2D eigenvalue weighted by Gasteiger charge is 2.30. The number of piperidine rings is 1. The molecule has 2 aromatic rings. The van der Waals surface area contributed by atoms with Crippen LogP contribution < -0.4 is 4.90 Å². The number of pyridine rings is 1. The lowest BCUT2D eigenvalue weighted by Gasteiger charge is -2.36. The summed E-state index contributed by atoms with van der Waals surface area (Å²) in [5.41, 5.74) is 1.00. The first-order valence-electron chi connectivity index (χ1n) is 7.67. The highest BCUT2D eigenvalue weighted by Crippen LogP contribution is 2.31. The Morgan fingerprint density at radius 2 is 2.05 bits per heavy atom. The molecule has 0 spiro atoms. The second-order valence-corrected chi connectivity index (χ2v) is 7.00. The van der Waals surface area contributed by atoms with Crippen molar-refractivity contribution in [3.63, 3.8) is 0 Å². The van der Waals surface area contributed by atoms with Gasteiger partial charge in [-0.3, -0.25) is 9.88 Å². The van der Waals surface area contributed by atoms with Crippen molar-refractivity contribution in [2.75, 3.05) is 31.1 Å². The van der Waals surface area contributed by atoms with E-state index in [1.165, 1.54) is 17.5 Å². The first-order valence-corrected chi connectivity index (χ1v) is 8.49. The number of fused-ring (bicyclic) bond motifs is 1. The predicted octanol–water partition coefficient (Wildman–Crippen LogP) is 1.73. The van der Waals surface area contributed by atoms with Crippen molar-refractivity contribution < 1.29 is 5.11 Å². The summed E-state index contributed by atoms with van der Waals surface area (Å²) in [5.74, 6) is 0. The Hall–Kier alpha value is -1.24. The minimum absolute atomic E-state index is 0.111. The molecule has 2 saturated heterocycles. The van der Waals surface area contributed by atoms with Gasteiger partial charge in [0.15, 0.2) is 5.13 Å². The van der Waals surface area contributed by atoms with Crippen molar-refractivity contribution in [2.24, 2.45) is 0 Å². The first-order chi connectivity index (χ1) is 10.3. The summed E-state index contributed by atoms with van der Waals surface area (Å²) in [4.78, 5) is 13.7. The van der Waals surface area contributed by atoms with Crippen LogP contribution in [-0.2, 0) is 0 Å². The third-order valence-electron chi connectivity index (χ3n) is 4.62. The van der Waals surface area contributed by atoms with E-state index >= 15 is 0 Å². The number of likely N-dealkylation sites (tertiary alicyclic amines) is 1. The molecule has 0 amide bonds. The summed E-state index contributed by atoms with van der Waals surface area (Å²) in [6, 6.07) is 2.67. The van der Waals surface area contributed by atoms with Crippen LogP contribution in [0.3, 0.4) is 0 Å². The van der Waals surface area contributed by atoms with Crippen LogP contribution in [0.5, 0.6) is 0 Å². The average Bonchev–Trinajstić information content (AvgIpc) is 3.13. The Balaban J connectivity index is 1.42. The number of β-amino-alcohol motifs (C(OH)–C–C–N with tert-alkyl or cyclic N) is 1. The van der Waals surface area contributed by atoms with Crippen molar-refractivity contribution in [3.8, 4) is 0 Å². The molecule has 5 nitrogen and oxygen atoms in total. The molecular weight excluding hydrogens is 284 g/mol. The summed E-state index contributed by atoms with van der Waals surface area (Å²) in [7, 11) is 0. The molecule has 2 fully saturated rings. The van der Waals surface area contributed by atoms with Gasteiger partial charge in [-0.1, -0.05) is 11.3 Å². The van der Waals surface area contributed by atoms with Crippen LogP contribution in [0.25, 0.3) is 10.2 Å². The first kappa shape index (κ1) is 13.4. The Labute approximate surface area is 128 Å². The fourth-order valence-corrected chi connectivity index (χ4v) is 4.41. The zero-order chi connectivity index (χ0) is 14.2. The largest absolute Gasteiger partial charge is 0.392 e. The molecule has 1 atom stereocenters. The van der Waals surface area contributed by atoms with Crippen LogP contribution in [0.15, 0.2) is 18.5 Å². The number of nitrogens with zero attached hydrogens (tertiary/aromatic N) is 4. The van der Waals surface area contributed by atoms with Gasteiger partial charge < -0.3 is 10.0 Å². The third-order valence-corrected chi connectivity index (χ3v) is 5.72. The van der Waals surface area contributed by atoms with Crippen molar-refractivity contribution in [1.29, 1.82) is 0 Å². The van der Waals surface area contributed by atoms with E-state index in [0.29, 0.717) is 6.04 Å². The van der Waals surface area contributed by atoms with Gasteiger partial charge in [-0.25, -0.2) is 4.98 Å². The lowest BCUT2D eigenvalue weighted by Crippen LogP contribution is -2.44. The van der Waals surface area contributed by atoms with Crippen LogP contribution in [0.1, 0.15) is 19.3 Å². The van der Waals surface area contributed by atoms with Crippen LogP contribution in [0.2, 0.25) is 0 Å². The topological polar surface area (TPSA) is 52.5 Å². The van der Waals surface area contributed by atoms with E-state index in [4.69, 9.17) is 4.98 Å². The van der Waals surface area contributed by atoms with Gasteiger partial charge in [-0.2, -0.15) is 0 Å². The van der Waals surface area contributed by atoms with Gasteiger partial charge in [0.25, 0.3) is 0 Å². The maximum Gasteiger partial charge on any atom is 0.186 e. The van der Waals surface area contributed by atoms with E-state index in [0.717, 1.165) is 43.2 Å². The molecule has 0 aliphatic carbocycles. The van der Waals surface area contributed by atoms with E-state index < -0.39 is 0 Å². The van der Waals surface area contributed by atoms with Crippen LogP contribution >= 0.6 is 11.3 Å². The molecule has 4 heterocycles. The van der Waals surface area contributed by atoms with Crippen LogP contribution in [-0.4, -0.2) is 58.3 Å². The summed E-state index contributed by atoms with van der Waals surface area (Å²) in [6.45, 7) is 4.03. The molecular formula is C15H20N4OS. The molecule has 112 valence electrons. The Bertz CT molecular complexity index is 590. The number of anilines is 1. The average molecular weight is 304 g/mol. The quantitative estimate of drug-likeness (QED) is 0.915. The van der Waals surface area contributed by atoms with E-state index in [9.17, 15) is 5.11 Å². The molecule has 4 rings (SSSR count). The highest BCUT2D eigenvalue weighted by atomic mass is 32.1. The number of hydrogen-bond donors (Lipinski definition) is 1. The smallest absolute Gasteiger partial charge is 0.186 e. The summed E-state index contributed by atoms with van der Waals surface area (Å²) in [5, 5.41) is 10.8. The summed E-state index contributed by atoms with van der Waals surface area (Å²) < 4.78 is 1.21. The number of aromatic nitrogens is 2. The molecule has 2 aromatic heterocycles. The second kappa shape index (κ2) is 5.51. The van der Waals surface area contributed by atoms with Gasteiger partial charge in [0.05, 0.1) is 17.0 Å². The molecule has 2 aliphatic rings. The maximum atomic E-state index is 9.67. The van der Waals surface area contributed by atoms with E-state index in [2.05, 4.69) is 14.8 Å². The maximum absolute atomic E-state index is 9.67. The number of aliphatic hydroxyl groups excluding tert-OH is 1. The Morgan fingerprint density at radius 3 is 2.76 bits per heavy atom. The molecule has 0 saturated carbocycles. The molecule has 6 heteroatoms. The molecule has 0 unspecified atom stereocenters. The van der Waals surface area contributed by atoms with Gasteiger partial charge >= 0.3 is 0 Å². The fraction of sp³-hybridized carbons (Fsp3) is 0.600. The van der Waals surface area contributed by atoms with Crippen molar-refractivity contribution in [1.82, 2.24) is 14.9 Å². The van der Waals surface area contributed by atoms with Crippen molar-refractivity contribution >= 4 is 26.7 Å². The number of hydrogen-bond acceptors (Lipinski definition) is 6. The standard InChI is InChI=1S/C15H20N4OS/c20-12-4-8-19(10-12)11-2-6-18(7-3-11)15-17-13-9-16-5-1-14(13)21-15/h1,5,9,11-12,20H,2-4,6-8,10H2/t12-/m0/s1. The van der Waals surface area contributed by atoms with Crippen molar-refractivity contribution in [3.05, 3.63) is 18.5 Å². The van der Waals surface area contributed by atoms with Gasteiger partial charge in [-0.05, 0) is 25.3 Å². The molecule has 1 N–H and O–H groups in total. The molecule has 0 aromatic carbocycles. The van der Waals surface area contributed by atoms with Gasteiger partial charge in [0.1, 0.15) is 5.52 Å². The highest BCUT2D eigenvalue weighted by molar-refractivity contribution is 7.22. The summed E-state index contributed by atoms with van der Waals surface area (Å²) in [6.07, 6.45) is 6.83. The molecule has 2 aliphatic heterocycles. The number of rotatable bonds is 2. The lowest BCUT2D eigenvalue weighted by molar-refractivity contribution is 0.148. The minimum Gasteiger partial charge on any atom is -0.392 e. The van der Waals surface area contributed by atoms with Gasteiger partial charge in [0, 0.05) is 38.4 Å². The van der Waals surface area contributed by atoms with Crippen LogP contribution in [0.4, 0.5) is 5.13 Å². The number of thiazole rings is 1. The Kier molecular flexibility index (Phi) is 3.52. The second-order valence-electron chi connectivity index (χ2n) is 6.00. The zero-order valence-electron chi connectivity index (χ0n) is 12.0.